The standard InChI is InChI=1S/C17H17BrFNO2/c1-2-22-11-13-6-4-3-5-12(13)10-20-17(21)15-8-7-14(19)9-16(15)18/h3-9H,2,10-11H2,1H3,(H,20,21). The van der Waals surface area contributed by atoms with Crippen LogP contribution in [0, 0.1) is 5.82 Å². The molecule has 0 radical (unpaired) electrons. The Kier molecular flexibility index (Phi) is 6.10. The van der Waals surface area contributed by atoms with E-state index in [4.69, 9.17) is 4.74 Å². The molecule has 2 aromatic carbocycles. The first-order valence-electron chi connectivity index (χ1n) is 6.99. The van der Waals surface area contributed by atoms with E-state index in [0.29, 0.717) is 29.8 Å². The predicted octanol–water partition coefficient (Wildman–Crippen LogP) is 4.05. The molecule has 1 N–H and O–H groups in total. The van der Waals surface area contributed by atoms with Gasteiger partial charge in [0.25, 0.3) is 5.91 Å². The summed E-state index contributed by atoms with van der Waals surface area (Å²) < 4.78 is 18.9. The van der Waals surface area contributed by atoms with Crippen LogP contribution in [0.4, 0.5) is 4.39 Å². The Bertz CT molecular complexity index is 661. The number of benzene rings is 2. The minimum atomic E-state index is -0.384. The summed E-state index contributed by atoms with van der Waals surface area (Å²) in [6.45, 7) is 3.49. The van der Waals surface area contributed by atoms with Gasteiger partial charge in [-0.2, -0.15) is 0 Å². The highest BCUT2D eigenvalue weighted by molar-refractivity contribution is 9.10. The molecular weight excluding hydrogens is 349 g/mol. The maximum atomic E-state index is 13.1. The second-order valence-corrected chi connectivity index (χ2v) is 5.57. The highest BCUT2D eigenvalue weighted by Crippen LogP contribution is 2.18. The number of hydrogen-bond acceptors (Lipinski definition) is 2. The lowest BCUT2D eigenvalue weighted by Crippen LogP contribution is -2.24. The number of nitrogens with one attached hydrogen (secondary N) is 1. The fourth-order valence-electron chi connectivity index (χ4n) is 2.03. The zero-order valence-electron chi connectivity index (χ0n) is 12.2. The first-order valence-corrected chi connectivity index (χ1v) is 7.79. The van der Waals surface area contributed by atoms with Gasteiger partial charge in [0.05, 0.1) is 12.2 Å². The first kappa shape index (κ1) is 16.6. The van der Waals surface area contributed by atoms with Crippen LogP contribution in [0.15, 0.2) is 46.9 Å². The van der Waals surface area contributed by atoms with E-state index in [1.807, 2.05) is 31.2 Å². The number of hydrogen-bond donors (Lipinski definition) is 1. The van der Waals surface area contributed by atoms with Crippen LogP contribution >= 0.6 is 15.9 Å². The lowest BCUT2D eigenvalue weighted by Gasteiger charge is -2.11. The quantitative estimate of drug-likeness (QED) is 0.838. The van der Waals surface area contributed by atoms with Crippen LogP contribution in [0.2, 0.25) is 0 Å². The highest BCUT2D eigenvalue weighted by atomic mass is 79.9. The number of carbonyl (C=O) groups excluding carboxylic acids is 1. The third-order valence-electron chi connectivity index (χ3n) is 3.20. The van der Waals surface area contributed by atoms with E-state index in [0.717, 1.165) is 11.1 Å². The van der Waals surface area contributed by atoms with Crippen molar-refractivity contribution in [3.63, 3.8) is 0 Å². The molecule has 0 atom stereocenters. The Balaban J connectivity index is 2.05. The van der Waals surface area contributed by atoms with Gasteiger partial charge in [0.2, 0.25) is 0 Å². The van der Waals surface area contributed by atoms with Crippen LogP contribution in [0.3, 0.4) is 0 Å². The molecule has 0 saturated carbocycles. The van der Waals surface area contributed by atoms with Crippen LogP contribution in [0.25, 0.3) is 0 Å². The van der Waals surface area contributed by atoms with Gasteiger partial charge in [-0.05, 0) is 52.2 Å². The van der Waals surface area contributed by atoms with Gasteiger partial charge in [0, 0.05) is 17.6 Å². The van der Waals surface area contributed by atoms with Crippen molar-refractivity contribution in [2.45, 2.75) is 20.1 Å². The average Bonchev–Trinajstić information content (AvgIpc) is 2.51. The smallest absolute Gasteiger partial charge is 0.252 e. The molecule has 0 fully saturated rings. The molecule has 0 saturated heterocycles. The van der Waals surface area contributed by atoms with E-state index in [2.05, 4.69) is 21.2 Å². The largest absolute Gasteiger partial charge is 0.377 e. The van der Waals surface area contributed by atoms with E-state index in [1.54, 1.807) is 0 Å². The molecule has 0 spiro atoms. The van der Waals surface area contributed by atoms with Crippen LogP contribution in [0.5, 0.6) is 0 Å². The van der Waals surface area contributed by atoms with Crippen molar-refractivity contribution in [1.29, 1.82) is 0 Å². The Hall–Kier alpha value is -1.72. The Morgan fingerprint density at radius 2 is 1.95 bits per heavy atom. The number of carbonyl (C=O) groups is 1. The van der Waals surface area contributed by atoms with Crippen LogP contribution in [-0.4, -0.2) is 12.5 Å². The maximum Gasteiger partial charge on any atom is 0.252 e. The molecule has 0 aromatic heterocycles. The summed E-state index contributed by atoms with van der Waals surface area (Å²) >= 11 is 3.20. The van der Waals surface area contributed by atoms with Gasteiger partial charge in [0.15, 0.2) is 0 Å². The molecule has 0 aliphatic rings. The zero-order valence-corrected chi connectivity index (χ0v) is 13.8. The number of ether oxygens (including phenoxy) is 1. The minimum Gasteiger partial charge on any atom is -0.377 e. The Morgan fingerprint density at radius 3 is 2.64 bits per heavy atom. The van der Waals surface area contributed by atoms with Gasteiger partial charge in [-0.15, -0.1) is 0 Å². The molecule has 2 rings (SSSR count). The second-order valence-electron chi connectivity index (χ2n) is 4.71. The SMILES string of the molecule is CCOCc1ccccc1CNC(=O)c1ccc(F)cc1Br. The van der Waals surface area contributed by atoms with E-state index in [-0.39, 0.29) is 11.7 Å². The molecule has 1 amide bonds. The fraction of sp³-hybridized carbons (Fsp3) is 0.235. The lowest BCUT2D eigenvalue weighted by atomic mass is 10.1. The van der Waals surface area contributed by atoms with Crippen molar-refractivity contribution in [1.82, 2.24) is 5.32 Å². The summed E-state index contributed by atoms with van der Waals surface area (Å²) in [4.78, 5) is 12.2. The fourth-order valence-corrected chi connectivity index (χ4v) is 2.56. The van der Waals surface area contributed by atoms with Gasteiger partial charge < -0.3 is 10.1 Å². The molecule has 0 bridgehead atoms. The molecule has 22 heavy (non-hydrogen) atoms. The van der Waals surface area contributed by atoms with E-state index >= 15 is 0 Å². The van der Waals surface area contributed by atoms with Crippen molar-refractivity contribution < 1.29 is 13.9 Å². The Labute approximate surface area is 137 Å². The van der Waals surface area contributed by atoms with Gasteiger partial charge in [0.1, 0.15) is 5.82 Å². The molecule has 0 heterocycles. The van der Waals surface area contributed by atoms with Crippen molar-refractivity contribution in [3.8, 4) is 0 Å². The molecule has 0 aliphatic heterocycles. The molecule has 116 valence electrons. The first-order chi connectivity index (χ1) is 10.6. The number of rotatable bonds is 6. The molecule has 0 unspecified atom stereocenters. The van der Waals surface area contributed by atoms with Gasteiger partial charge in [-0.25, -0.2) is 4.39 Å². The van der Waals surface area contributed by atoms with Crippen molar-refractivity contribution >= 4 is 21.8 Å². The van der Waals surface area contributed by atoms with Crippen LogP contribution in [0.1, 0.15) is 28.4 Å². The summed E-state index contributed by atoms with van der Waals surface area (Å²) in [5.41, 5.74) is 2.45. The third-order valence-corrected chi connectivity index (χ3v) is 3.85. The molecular formula is C17H17BrFNO2. The lowest BCUT2D eigenvalue weighted by molar-refractivity contribution is 0.0949. The second kappa shape index (κ2) is 8.06. The van der Waals surface area contributed by atoms with Gasteiger partial charge in [-0.3, -0.25) is 4.79 Å². The molecule has 3 nitrogen and oxygen atoms in total. The molecule has 2 aromatic rings. The number of halogens is 2. The van der Waals surface area contributed by atoms with Crippen molar-refractivity contribution in [2.75, 3.05) is 6.61 Å². The summed E-state index contributed by atoms with van der Waals surface area (Å²) in [5, 5.41) is 2.85. The van der Waals surface area contributed by atoms with Crippen LogP contribution in [-0.2, 0) is 17.9 Å². The molecule has 0 aliphatic carbocycles. The summed E-state index contributed by atoms with van der Waals surface area (Å²) in [7, 11) is 0. The minimum absolute atomic E-state index is 0.252. The van der Waals surface area contributed by atoms with E-state index in [9.17, 15) is 9.18 Å². The average molecular weight is 366 g/mol. The normalized spacial score (nSPS) is 10.5. The van der Waals surface area contributed by atoms with Gasteiger partial charge >= 0.3 is 0 Å². The van der Waals surface area contributed by atoms with E-state index in [1.165, 1.54) is 18.2 Å². The molecule has 5 heteroatoms. The monoisotopic (exact) mass is 365 g/mol. The maximum absolute atomic E-state index is 13.1. The van der Waals surface area contributed by atoms with E-state index < -0.39 is 0 Å². The third kappa shape index (κ3) is 4.39. The topological polar surface area (TPSA) is 38.3 Å². The van der Waals surface area contributed by atoms with Crippen LogP contribution < -0.4 is 5.32 Å². The summed E-state index contributed by atoms with van der Waals surface area (Å²) in [6, 6.07) is 11.8. The zero-order chi connectivity index (χ0) is 15.9. The number of amides is 1. The summed E-state index contributed by atoms with van der Waals surface area (Å²) in [6.07, 6.45) is 0. The Morgan fingerprint density at radius 1 is 1.23 bits per heavy atom. The van der Waals surface area contributed by atoms with Crippen molar-refractivity contribution in [3.05, 3.63) is 69.4 Å². The predicted molar refractivity (Wildman–Crippen MR) is 87.0 cm³/mol. The highest BCUT2D eigenvalue weighted by Gasteiger charge is 2.11. The van der Waals surface area contributed by atoms with Gasteiger partial charge in [-0.1, -0.05) is 24.3 Å². The summed E-state index contributed by atoms with van der Waals surface area (Å²) in [5.74, 6) is -0.636. The van der Waals surface area contributed by atoms with Crippen molar-refractivity contribution in [2.24, 2.45) is 0 Å².